The number of carbonyl (C=O) groups is 4. The summed E-state index contributed by atoms with van der Waals surface area (Å²) in [4.78, 5) is 56.9. The lowest BCUT2D eigenvalue weighted by molar-refractivity contribution is -0.142. The first kappa shape index (κ1) is 18.6. The van der Waals surface area contributed by atoms with Crippen LogP contribution in [0.1, 0.15) is 12.6 Å². The van der Waals surface area contributed by atoms with Gasteiger partial charge in [-0.3, -0.25) is 19.3 Å². The van der Waals surface area contributed by atoms with Gasteiger partial charge in [-0.2, -0.15) is 4.99 Å². The molecule has 27 heavy (non-hydrogen) atoms. The maximum absolute atomic E-state index is 12.4. The lowest BCUT2D eigenvalue weighted by Gasteiger charge is -2.27. The summed E-state index contributed by atoms with van der Waals surface area (Å²) in [6, 6.07) is -0.775. The molecule has 0 radical (unpaired) electrons. The molecule has 0 saturated carbocycles. The zero-order valence-electron chi connectivity index (χ0n) is 14.4. The summed E-state index contributed by atoms with van der Waals surface area (Å²) in [6.45, 7) is 1.52. The second-order valence-corrected chi connectivity index (χ2v) is 6.50. The van der Waals surface area contributed by atoms with E-state index in [-0.39, 0.29) is 18.2 Å². The predicted molar refractivity (Wildman–Crippen MR) is 97.4 cm³/mol. The van der Waals surface area contributed by atoms with Gasteiger partial charge in [0.25, 0.3) is 0 Å². The van der Waals surface area contributed by atoms with Crippen molar-refractivity contribution in [2.45, 2.75) is 13.3 Å². The molecule has 4 amide bonds. The third kappa shape index (κ3) is 4.34. The molecule has 10 heteroatoms. The van der Waals surface area contributed by atoms with E-state index in [0.29, 0.717) is 11.4 Å². The molecule has 2 aliphatic rings. The predicted octanol–water partition coefficient (Wildman–Crippen LogP) is 1.33. The average Bonchev–Trinajstić information content (AvgIpc) is 3.05. The van der Waals surface area contributed by atoms with Gasteiger partial charge in [-0.1, -0.05) is 18.2 Å². The number of fused-ring (bicyclic) bond motifs is 1. The van der Waals surface area contributed by atoms with Gasteiger partial charge in [0.2, 0.25) is 11.8 Å². The maximum atomic E-state index is 12.4. The Kier molecular flexibility index (Phi) is 5.55. The number of hydrogen-bond acceptors (Lipinski definition) is 7. The van der Waals surface area contributed by atoms with Crippen LogP contribution in [0.4, 0.5) is 9.93 Å². The molecule has 3 rings (SSSR count). The van der Waals surface area contributed by atoms with Crippen molar-refractivity contribution in [1.29, 1.82) is 0 Å². The number of anilines is 1. The third-order valence-corrected chi connectivity index (χ3v) is 4.53. The van der Waals surface area contributed by atoms with E-state index >= 15 is 0 Å². The molecule has 0 fully saturated rings. The minimum absolute atomic E-state index is 0.00231. The summed E-state index contributed by atoms with van der Waals surface area (Å²) in [7, 11) is 0. The molecular formula is C17H16N4O5S. The number of rotatable bonds is 6. The number of aliphatic imine (C=N–C) groups is 1. The molecule has 0 spiro atoms. The van der Waals surface area contributed by atoms with Crippen molar-refractivity contribution in [2.75, 3.05) is 18.5 Å². The van der Waals surface area contributed by atoms with Gasteiger partial charge in [0.15, 0.2) is 5.13 Å². The minimum Gasteiger partial charge on any atom is -0.466 e. The van der Waals surface area contributed by atoms with Crippen molar-refractivity contribution in [2.24, 2.45) is 10.9 Å². The van der Waals surface area contributed by atoms with E-state index in [9.17, 15) is 19.2 Å². The standard InChI is InChI=1S/C17H16N4O5S/c1-2-26-14(23)7-10-9-27-16(18-10)20-13(22)8-21-15(24)11-5-3-4-6-12(11)19-17(21)25/h3-6,9,11H,2,7-8H2,1H3,(H,18,20,22). The SMILES string of the molecule is CCOC(=O)Cc1csc(NC(=O)CN2C(=O)N=C3C=CC=CC3C2=O)n1. The summed E-state index contributed by atoms with van der Waals surface area (Å²) < 4.78 is 4.84. The topological polar surface area (TPSA) is 118 Å². The van der Waals surface area contributed by atoms with Crippen LogP contribution in [0, 0.1) is 5.92 Å². The largest absolute Gasteiger partial charge is 0.466 e. The van der Waals surface area contributed by atoms with Gasteiger partial charge in [0.1, 0.15) is 6.54 Å². The minimum atomic E-state index is -0.775. The Hall–Kier alpha value is -3.14. The van der Waals surface area contributed by atoms with E-state index in [0.717, 1.165) is 16.2 Å². The first-order valence-corrected chi connectivity index (χ1v) is 9.04. The van der Waals surface area contributed by atoms with Crippen LogP contribution in [0.25, 0.3) is 0 Å². The number of urea groups is 1. The molecule has 1 aromatic rings. The highest BCUT2D eigenvalue weighted by Crippen LogP contribution is 2.20. The number of ether oxygens (including phenoxy) is 1. The van der Waals surface area contributed by atoms with Crippen molar-refractivity contribution in [3.05, 3.63) is 35.4 Å². The lowest BCUT2D eigenvalue weighted by Crippen LogP contribution is -2.48. The van der Waals surface area contributed by atoms with Crippen LogP contribution >= 0.6 is 11.3 Å². The number of amides is 4. The van der Waals surface area contributed by atoms with Crippen LogP contribution in [0.2, 0.25) is 0 Å². The molecule has 1 N–H and O–H groups in total. The van der Waals surface area contributed by atoms with Gasteiger partial charge in [-0.05, 0) is 13.0 Å². The van der Waals surface area contributed by atoms with Crippen LogP contribution in [-0.2, 0) is 25.5 Å². The number of carbonyl (C=O) groups excluding carboxylic acids is 4. The highest BCUT2D eigenvalue weighted by molar-refractivity contribution is 7.13. The van der Waals surface area contributed by atoms with E-state index in [1.807, 2.05) is 0 Å². The number of nitrogens with zero attached hydrogens (tertiary/aromatic N) is 3. The monoisotopic (exact) mass is 388 g/mol. The van der Waals surface area contributed by atoms with Crippen molar-refractivity contribution >= 4 is 46.0 Å². The van der Waals surface area contributed by atoms with Crippen LogP contribution < -0.4 is 5.32 Å². The van der Waals surface area contributed by atoms with Crippen molar-refractivity contribution in [1.82, 2.24) is 9.88 Å². The Morgan fingerprint density at radius 3 is 2.93 bits per heavy atom. The summed E-state index contributed by atoms with van der Waals surface area (Å²) >= 11 is 1.13. The second kappa shape index (κ2) is 8.04. The Balaban J connectivity index is 1.60. The molecule has 0 aromatic carbocycles. The number of imide groups is 1. The zero-order chi connectivity index (χ0) is 19.4. The molecule has 1 unspecified atom stereocenters. The molecule has 140 valence electrons. The van der Waals surface area contributed by atoms with E-state index in [4.69, 9.17) is 4.74 Å². The Morgan fingerprint density at radius 2 is 2.15 bits per heavy atom. The van der Waals surface area contributed by atoms with Crippen LogP contribution in [0.3, 0.4) is 0 Å². The van der Waals surface area contributed by atoms with E-state index in [2.05, 4.69) is 15.3 Å². The number of allylic oxidation sites excluding steroid dienone is 3. The summed E-state index contributed by atoms with van der Waals surface area (Å²) in [5, 5.41) is 4.41. The molecule has 1 aliphatic carbocycles. The molecule has 2 heterocycles. The molecule has 0 bridgehead atoms. The second-order valence-electron chi connectivity index (χ2n) is 5.64. The fourth-order valence-electron chi connectivity index (χ4n) is 2.53. The van der Waals surface area contributed by atoms with E-state index in [1.165, 1.54) is 0 Å². The Bertz CT molecular complexity index is 886. The van der Waals surface area contributed by atoms with Crippen molar-refractivity contribution in [3.63, 3.8) is 0 Å². The average molecular weight is 388 g/mol. The highest BCUT2D eigenvalue weighted by atomic mass is 32.1. The fourth-order valence-corrected chi connectivity index (χ4v) is 3.26. The van der Waals surface area contributed by atoms with E-state index in [1.54, 1.807) is 36.6 Å². The number of hydrogen-bond donors (Lipinski definition) is 1. The van der Waals surface area contributed by atoms with Gasteiger partial charge in [-0.15, -0.1) is 11.3 Å². The summed E-state index contributed by atoms with van der Waals surface area (Å²) in [5.74, 6) is -2.14. The molecule has 1 aliphatic heterocycles. The number of aromatic nitrogens is 1. The first-order valence-electron chi connectivity index (χ1n) is 8.16. The van der Waals surface area contributed by atoms with Crippen molar-refractivity contribution < 1.29 is 23.9 Å². The highest BCUT2D eigenvalue weighted by Gasteiger charge is 2.36. The molecule has 0 saturated heterocycles. The number of esters is 1. The molecule has 9 nitrogen and oxygen atoms in total. The lowest BCUT2D eigenvalue weighted by atomic mass is 9.95. The van der Waals surface area contributed by atoms with Gasteiger partial charge in [0, 0.05) is 5.38 Å². The zero-order valence-corrected chi connectivity index (χ0v) is 15.2. The van der Waals surface area contributed by atoms with Gasteiger partial charge in [-0.25, -0.2) is 9.78 Å². The quantitative estimate of drug-likeness (QED) is 0.735. The van der Waals surface area contributed by atoms with Gasteiger partial charge in [0.05, 0.1) is 30.4 Å². The molecule has 1 aromatic heterocycles. The third-order valence-electron chi connectivity index (χ3n) is 3.72. The smallest absolute Gasteiger partial charge is 0.351 e. The number of nitrogens with one attached hydrogen (secondary N) is 1. The maximum Gasteiger partial charge on any atom is 0.351 e. The Morgan fingerprint density at radius 1 is 1.33 bits per heavy atom. The summed E-state index contributed by atoms with van der Waals surface area (Å²) in [6.07, 6.45) is 6.60. The molecular weight excluding hydrogens is 372 g/mol. The molecule has 1 atom stereocenters. The summed E-state index contributed by atoms with van der Waals surface area (Å²) in [5.41, 5.74) is 0.833. The normalized spacial score (nSPS) is 18.2. The van der Waals surface area contributed by atoms with E-state index < -0.39 is 36.3 Å². The first-order chi connectivity index (χ1) is 13.0. The van der Waals surface area contributed by atoms with Crippen LogP contribution in [0.5, 0.6) is 0 Å². The van der Waals surface area contributed by atoms with Gasteiger partial charge >= 0.3 is 12.0 Å². The van der Waals surface area contributed by atoms with Crippen molar-refractivity contribution in [3.8, 4) is 0 Å². The number of thiazole rings is 1. The fraction of sp³-hybridized carbons (Fsp3) is 0.294. The van der Waals surface area contributed by atoms with Crippen LogP contribution in [-0.4, -0.2) is 52.6 Å². The van der Waals surface area contributed by atoms with Gasteiger partial charge < -0.3 is 10.1 Å². The van der Waals surface area contributed by atoms with Crippen LogP contribution in [0.15, 0.2) is 34.7 Å². The Labute approximate surface area is 158 Å².